The number of benzene rings is 1. The maximum absolute atomic E-state index is 12.6. The predicted octanol–water partition coefficient (Wildman–Crippen LogP) is 4.44. The first kappa shape index (κ1) is 18.7. The van der Waals surface area contributed by atoms with Crippen molar-refractivity contribution >= 4 is 27.6 Å². The second kappa shape index (κ2) is 6.91. The van der Waals surface area contributed by atoms with Crippen LogP contribution in [0.4, 0.5) is 0 Å². The maximum atomic E-state index is 12.6. The van der Waals surface area contributed by atoms with Gasteiger partial charge in [-0.25, -0.2) is 0 Å². The summed E-state index contributed by atoms with van der Waals surface area (Å²) in [7, 11) is 1.59. The van der Waals surface area contributed by atoms with E-state index in [-0.39, 0.29) is 22.9 Å². The molecule has 0 saturated heterocycles. The van der Waals surface area contributed by atoms with Crippen molar-refractivity contribution in [1.29, 1.82) is 0 Å². The summed E-state index contributed by atoms with van der Waals surface area (Å²) in [6.45, 7) is 6.13. The molecular weight excluding hydrogens is 398 g/mol. The zero-order chi connectivity index (χ0) is 19.1. The largest absolute Gasteiger partial charge is 0.496 e. The number of nitrogens with one attached hydrogen (secondary N) is 1. The Morgan fingerprint density at radius 1 is 1.35 bits per heavy atom. The summed E-state index contributed by atoms with van der Waals surface area (Å²) in [5.74, 6) is 1.25. The summed E-state index contributed by atoms with van der Waals surface area (Å²) in [6, 6.07) is 5.61. The monoisotopic (exact) mass is 419 g/mol. The van der Waals surface area contributed by atoms with Gasteiger partial charge in [-0.2, -0.15) is 0 Å². The van der Waals surface area contributed by atoms with E-state index in [0.717, 1.165) is 10.0 Å². The molecule has 0 unspecified atom stereocenters. The lowest BCUT2D eigenvalue weighted by atomic mass is 9.76. The SMILES string of the molecule is COc1ccc(Br)cc1CNC(=O)c1oc2c(c1C)C(=O)CC(C)(C)C2. The zero-order valence-corrected chi connectivity index (χ0v) is 17.0. The molecule has 0 aliphatic heterocycles. The van der Waals surface area contributed by atoms with Crippen LogP contribution in [0.3, 0.4) is 0 Å². The summed E-state index contributed by atoms with van der Waals surface area (Å²) < 4.78 is 12.0. The van der Waals surface area contributed by atoms with Crippen LogP contribution in [-0.2, 0) is 13.0 Å². The Morgan fingerprint density at radius 2 is 2.08 bits per heavy atom. The van der Waals surface area contributed by atoms with E-state index in [1.54, 1.807) is 14.0 Å². The Labute approximate surface area is 161 Å². The van der Waals surface area contributed by atoms with Crippen LogP contribution in [0.5, 0.6) is 5.75 Å². The molecule has 1 aromatic heterocycles. The lowest BCUT2D eigenvalue weighted by Gasteiger charge is -2.27. The first-order valence-electron chi connectivity index (χ1n) is 8.48. The highest BCUT2D eigenvalue weighted by Crippen LogP contribution is 2.38. The molecule has 1 heterocycles. The molecule has 0 fully saturated rings. The normalized spacial score (nSPS) is 15.5. The molecule has 1 aromatic carbocycles. The third kappa shape index (κ3) is 3.56. The third-order valence-electron chi connectivity index (χ3n) is 4.66. The van der Waals surface area contributed by atoms with E-state index < -0.39 is 0 Å². The number of Topliss-reactive ketones (excluding diaryl/α,β-unsaturated/α-hetero) is 1. The topological polar surface area (TPSA) is 68.5 Å². The summed E-state index contributed by atoms with van der Waals surface area (Å²) in [5, 5.41) is 2.86. The van der Waals surface area contributed by atoms with Gasteiger partial charge in [0.15, 0.2) is 11.5 Å². The van der Waals surface area contributed by atoms with Crippen LogP contribution in [-0.4, -0.2) is 18.8 Å². The quantitative estimate of drug-likeness (QED) is 0.794. The number of ether oxygens (including phenoxy) is 1. The molecule has 1 aliphatic carbocycles. The number of rotatable bonds is 4. The minimum absolute atomic E-state index is 0.0465. The molecule has 1 amide bonds. The fraction of sp³-hybridized carbons (Fsp3) is 0.400. The first-order chi connectivity index (χ1) is 12.2. The smallest absolute Gasteiger partial charge is 0.287 e. The van der Waals surface area contributed by atoms with E-state index in [0.29, 0.717) is 42.0 Å². The number of methoxy groups -OCH3 is 1. The molecule has 6 heteroatoms. The first-order valence-corrected chi connectivity index (χ1v) is 9.27. The molecule has 2 aromatic rings. The number of ketones is 1. The Morgan fingerprint density at radius 3 is 2.77 bits per heavy atom. The zero-order valence-electron chi connectivity index (χ0n) is 15.4. The number of halogens is 1. The number of carbonyl (C=O) groups excluding carboxylic acids is 2. The van der Waals surface area contributed by atoms with E-state index in [9.17, 15) is 9.59 Å². The van der Waals surface area contributed by atoms with Crippen LogP contribution >= 0.6 is 15.9 Å². The van der Waals surface area contributed by atoms with Crippen LogP contribution in [0, 0.1) is 12.3 Å². The summed E-state index contributed by atoms with van der Waals surface area (Å²) >= 11 is 3.42. The van der Waals surface area contributed by atoms with Gasteiger partial charge in [0, 0.05) is 35.0 Å². The average molecular weight is 420 g/mol. The van der Waals surface area contributed by atoms with Crippen molar-refractivity contribution in [3.8, 4) is 5.75 Å². The number of hydrogen-bond acceptors (Lipinski definition) is 4. The second-order valence-corrected chi connectivity index (χ2v) is 8.35. The van der Waals surface area contributed by atoms with Crippen molar-refractivity contribution in [2.45, 2.75) is 40.2 Å². The van der Waals surface area contributed by atoms with E-state index >= 15 is 0 Å². The molecule has 0 spiro atoms. The average Bonchev–Trinajstić information content (AvgIpc) is 2.88. The van der Waals surface area contributed by atoms with Crippen LogP contribution in [0.15, 0.2) is 27.1 Å². The molecule has 5 nitrogen and oxygen atoms in total. The van der Waals surface area contributed by atoms with E-state index in [1.165, 1.54) is 0 Å². The van der Waals surface area contributed by atoms with Crippen molar-refractivity contribution in [2.24, 2.45) is 5.41 Å². The minimum Gasteiger partial charge on any atom is -0.496 e. The molecule has 0 bridgehead atoms. The Kier molecular flexibility index (Phi) is 4.97. The van der Waals surface area contributed by atoms with Gasteiger partial charge >= 0.3 is 0 Å². The van der Waals surface area contributed by atoms with Crippen LogP contribution < -0.4 is 10.1 Å². The van der Waals surface area contributed by atoms with Gasteiger partial charge in [-0.3, -0.25) is 9.59 Å². The standard InChI is InChI=1S/C20H22BrNO4/c1-11-17-14(23)8-20(2,3)9-16(17)26-18(11)19(24)22-10-12-7-13(21)5-6-15(12)25-4/h5-7H,8-10H2,1-4H3,(H,22,24). The van der Waals surface area contributed by atoms with Gasteiger partial charge in [0.1, 0.15) is 11.5 Å². The van der Waals surface area contributed by atoms with Gasteiger partial charge in [0.05, 0.1) is 12.7 Å². The van der Waals surface area contributed by atoms with Gasteiger partial charge in [-0.15, -0.1) is 0 Å². The summed E-state index contributed by atoms with van der Waals surface area (Å²) in [5.41, 5.74) is 1.90. The van der Waals surface area contributed by atoms with Crippen molar-refractivity contribution in [1.82, 2.24) is 5.32 Å². The van der Waals surface area contributed by atoms with Gasteiger partial charge in [0.2, 0.25) is 0 Å². The fourth-order valence-electron chi connectivity index (χ4n) is 3.44. The molecule has 3 rings (SSSR count). The van der Waals surface area contributed by atoms with E-state index in [2.05, 4.69) is 21.2 Å². The fourth-order valence-corrected chi connectivity index (χ4v) is 3.85. The minimum atomic E-state index is -0.329. The molecule has 0 saturated carbocycles. The van der Waals surface area contributed by atoms with Gasteiger partial charge in [0.25, 0.3) is 5.91 Å². The summed E-state index contributed by atoms with van der Waals surface area (Å²) in [4.78, 5) is 25.1. The van der Waals surface area contributed by atoms with Crippen LogP contribution in [0.1, 0.15) is 58.1 Å². The molecule has 0 atom stereocenters. The number of furan rings is 1. The molecule has 1 aliphatic rings. The third-order valence-corrected chi connectivity index (χ3v) is 5.16. The predicted molar refractivity (Wildman–Crippen MR) is 102 cm³/mol. The van der Waals surface area contributed by atoms with E-state index in [4.69, 9.17) is 9.15 Å². The van der Waals surface area contributed by atoms with Crippen molar-refractivity contribution in [3.63, 3.8) is 0 Å². The lowest BCUT2D eigenvalue weighted by Crippen LogP contribution is -2.26. The molecule has 0 radical (unpaired) electrons. The maximum Gasteiger partial charge on any atom is 0.287 e. The highest BCUT2D eigenvalue weighted by Gasteiger charge is 2.37. The Balaban J connectivity index is 1.82. The Hall–Kier alpha value is -2.08. The number of carbonyl (C=O) groups is 2. The van der Waals surface area contributed by atoms with E-state index in [1.807, 2.05) is 32.0 Å². The number of hydrogen-bond donors (Lipinski definition) is 1. The summed E-state index contributed by atoms with van der Waals surface area (Å²) in [6.07, 6.45) is 1.12. The van der Waals surface area contributed by atoms with Gasteiger partial charge < -0.3 is 14.5 Å². The number of fused-ring (bicyclic) bond motifs is 1. The molecule has 138 valence electrons. The second-order valence-electron chi connectivity index (χ2n) is 7.43. The van der Waals surface area contributed by atoms with Crippen molar-refractivity contribution in [2.75, 3.05) is 7.11 Å². The van der Waals surface area contributed by atoms with Crippen molar-refractivity contribution < 1.29 is 18.7 Å². The molecule has 1 N–H and O–H groups in total. The lowest BCUT2D eigenvalue weighted by molar-refractivity contribution is 0.0888. The number of amides is 1. The van der Waals surface area contributed by atoms with Crippen molar-refractivity contribution in [3.05, 3.63) is 50.9 Å². The molecule has 26 heavy (non-hydrogen) atoms. The highest BCUT2D eigenvalue weighted by atomic mass is 79.9. The van der Waals surface area contributed by atoms with Crippen LogP contribution in [0.25, 0.3) is 0 Å². The highest BCUT2D eigenvalue weighted by molar-refractivity contribution is 9.10. The Bertz CT molecular complexity index is 882. The van der Waals surface area contributed by atoms with Gasteiger partial charge in [-0.05, 0) is 30.5 Å². The molecular formula is C20H22BrNO4. The van der Waals surface area contributed by atoms with Crippen LogP contribution in [0.2, 0.25) is 0 Å². The van der Waals surface area contributed by atoms with Gasteiger partial charge in [-0.1, -0.05) is 29.8 Å².